The molecule has 0 spiro atoms. The van der Waals surface area contributed by atoms with Gasteiger partial charge in [0.25, 0.3) is 5.91 Å². The minimum atomic E-state index is -4.80. The van der Waals surface area contributed by atoms with Gasteiger partial charge in [-0.25, -0.2) is 0 Å². The molecule has 0 radical (unpaired) electrons. The highest BCUT2D eigenvalue weighted by atomic mass is 19.4. The minimum absolute atomic E-state index is 0.0643. The van der Waals surface area contributed by atoms with E-state index in [2.05, 4.69) is 20.3 Å². The van der Waals surface area contributed by atoms with Crippen LogP contribution in [0.2, 0.25) is 0 Å². The average Bonchev–Trinajstić information content (AvgIpc) is 3.40. The van der Waals surface area contributed by atoms with Gasteiger partial charge in [-0.05, 0) is 48.5 Å². The van der Waals surface area contributed by atoms with Crippen LogP contribution in [0, 0.1) is 0 Å². The minimum Gasteiger partial charge on any atom is -0.497 e. The van der Waals surface area contributed by atoms with Crippen molar-refractivity contribution < 1.29 is 36.7 Å². The number of amides is 2. The van der Waals surface area contributed by atoms with Gasteiger partial charge in [-0.2, -0.15) is 0 Å². The van der Waals surface area contributed by atoms with Gasteiger partial charge >= 0.3 is 12.4 Å². The number of carbonyl (C=O) groups is 2. The Morgan fingerprint density at radius 2 is 1.76 bits per heavy atom. The molecule has 1 N–H and O–H groups in total. The zero-order valence-electron chi connectivity index (χ0n) is 17.1. The Labute approximate surface area is 185 Å². The zero-order chi connectivity index (χ0) is 23.6. The van der Waals surface area contributed by atoms with Gasteiger partial charge in [-0.1, -0.05) is 5.10 Å². The van der Waals surface area contributed by atoms with E-state index in [4.69, 9.17) is 9.15 Å². The van der Waals surface area contributed by atoms with E-state index >= 15 is 0 Å². The summed E-state index contributed by atoms with van der Waals surface area (Å²) in [6.07, 6.45) is -4.73. The third-order valence-electron chi connectivity index (χ3n) is 4.87. The van der Waals surface area contributed by atoms with Crippen LogP contribution in [0.3, 0.4) is 0 Å². The number of anilines is 2. The molecule has 172 valence electrons. The Hall–Kier alpha value is -4.09. The molecule has 1 atom stereocenters. The summed E-state index contributed by atoms with van der Waals surface area (Å²) in [5.41, 5.74) is 0.764. The molecule has 9 nitrogen and oxygen atoms in total. The van der Waals surface area contributed by atoms with Crippen LogP contribution in [-0.4, -0.2) is 42.0 Å². The number of hydrogen-bond donors (Lipinski definition) is 1. The molecule has 0 bridgehead atoms. The van der Waals surface area contributed by atoms with Crippen LogP contribution in [-0.2, 0) is 4.79 Å². The Morgan fingerprint density at radius 3 is 2.39 bits per heavy atom. The molecule has 1 saturated heterocycles. The van der Waals surface area contributed by atoms with Crippen LogP contribution < -0.4 is 19.7 Å². The molecule has 2 aromatic carbocycles. The number of hydrogen-bond acceptors (Lipinski definition) is 7. The first kappa shape index (κ1) is 22.1. The van der Waals surface area contributed by atoms with E-state index in [1.807, 2.05) is 0 Å². The van der Waals surface area contributed by atoms with Crippen LogP contribution in [0.1, 0.15) is 28.6 Å². The number of rotatable bonds is 6. The standard InChI is InChI=1S/C21H17F3N4O5/c1-31-15-6-2-12(3-7-15)18(30)25-20-27-26-19(32-20)13-10-17(29)28(11-13)14-4-8-16(9-5-14)33-21(22,23)24/h2-9,13H,10-11H2,1H3,(H,25,27,30). The van der Waals surface area contributed by atoms with E-state index in [1.54, 1.807) is 24.3 Å². The van der Waals surface area contributed by atoms with E-state index in [0.717, 1.165) is 12.1 Å². The molecule has 1 fully saturated rings. The van der Waals surface area contributed by atoms with Gasteiger partial charge in [0.2, 0.25) is 11.8 Å². The topological polar surface area (TPSA) is 107 Å². The lowest BCUT2D eigenvalue weighted by atomic mass is 10.1. The summed E-state index contributed by atoms with van der Waals surface area (Å²) in [6.45, 7) is 0.187. The highest BCUT2D eigenvalue weighted by molar-refractivity contribution is 6.03. The number of nitrogens with zero attached hydrogens (tertiary/aromatic N) is 3. The summed E-state index contributed by atoms with van der Waals surface area (Å²) in [5, 5.41) is 10.2. The van der Waals surface area contributed by atoms with Crippen molar-refractivity contribution in [2.24, 2.45) is 0 Å². The molecule has 33 heavy (non-hydrogen) atoms. The van der Waals surface area contributed by atoms with Gasteiger partial charge in [0.1, 0.15) is 11.5 Å². The van der Waals surface area contributed by atoms with Gasteiger partial charge in [-0.3, -0.25) is 14.9 Å². The summed E-state index contributed by atoms with van der Waals surface area (Å²) in [4.78, 5) is 26.2. The van der Waals surface area contributed by atoms with E-state index < -0.39 is 18.2 Å². The van der Waals surface area contributed by atoms with Crippen LogP contribution in [0.4, 0.5) is 24.9 Å². The number of aromatic nitrogens is 2. The van der Waals surface area contributed by atoms with Crippen molar-refractivity contribution in [3.05, 3.63) is 60.0 Å². The van der Waals surface area contributed by atoms with Crippen molar-refractivity contribution in [1.82, 2.24) is 10.2 Å². The fourth-order valence-electron chi connectivity index (χ4n) is 3.31. The molecular formula is C21H17F3N4O5. The molecule has 2 heterocycles. The second-order valence-electron chi connectivity index (χ2n) is 7.08. The van der Waals surface area contributed by atoms with Gasteiger partial charge in [0, 0.05) is 24.2 Å². The predicted molar refractivity (Wildman–Crippen MR) is 108 cm³/mol. The second kappa shape index (κ2) is 8.81. The maximum Gasteiger partial charge on any atom is 0.573 e. The number of nitrogens with one attached hydrogen (secondary N) is 1. The molecule has 4 rings (SSSR count). The van der Waals surface area contributed by atoms with E-state index in [0.29, 0.717) is 17.0 Å². The lowest BCUT2D eigenvalue weighted by Crippen LogP contribution is -2.24. The lowest BCUT2D eigenvalue weighted by Gasteiger charge is -2.17. The fourth-order valence-corrected chi connectivity index (χ4v) is 3.31. The van der Waals surface area contributed by atoms with Gasteiger partial charge < -0.3 is 18.8 Å². The van der Waals surface area contributed by atoms with Gasteiger partial charge in [0.15, 0.2) is 0 Å². The molecular weight excluding hydrogens is 445 g/mol. The molecule has 3 aromatic rings. The van der Waals surface area contributed by atoms with Crippen LogP contribution in [0.25, 0.3) is 0 Å². The molecule has 1 unspecified atom stereocenters. The quantitative estimate of drug-likeness (QED) is 0.595. The fraction of sp³-hybridized carbons (Fsp3) is 0.238. The number of methoxy groups -OCH3 is 1. The number of benzene rings is 2. The Balaban J connectivity index is 1.39. The SMILES string of the molecule is COc1ccc(C(=O)Nc2nnc(C3CC(=O)N(c4ccc(OC(F)(F)F)cc4)C3)o2)cc1. The first-order valence-corrected chi connectivity index (χ1v) is 9.67. The molecule has 1 aliphatic heterocycles. The lowest BCUT2D eigenvalue weighted by molar-refractivity contribution is -0.274. The van der Waals surface area contributed by atoms with Gasteiger partial charge in [0.05, 0.1) is 13.0 Å². The molecule has 1 aliphatic rings. The number of alkyl halides is 3. The molecule has 12 heteroatoms. The third-order valence-corrected chi connectivity index (χ3v) is 4.87. The van der Waals surface area contributed by atoms with Crippen LogP contribution in [0.15, 0.2) is 52.9 Å². The number of halogens is 3. The van der Waals surface area contributed by atoms with Crippen LogP contribution >= 0.6 is 0 Å². The van der Waals surface area contributed by atoms with Crippen molar-refractivity contribution in [3.8, 4) is 11.5 Å². The molecule has 0 aliphatic carbocycles. The summed E-state index contributed by atoms with van der Waals surface area (Å²) >= 11 is 0. The maximum atomic E-state index is 12.4. The maximum absolute atomic E-state index is 12.4. The number of carbonyl (C=O) groups excluding carboxylic acids is 2. The van der Waals surface area contributed by atoms with Crippen molar-refractivity contribution in [2.75, 3.05) is 23.9 Å². The van der Waals surface area contributed by atoms with E-state index in [-0.39, 0.29) is 36.5 Å². The van der Waals surface area contributed by atoms with Crippen molar-refractivity contribution >= 4 is 23.5 Å². The van der Waals surface area contributed by atoms with Crippen LogP contribution in [0.5, 0.6) is 11.5 Å². The van der Waals surface area contributed by atoms with E-state index in [9.17, 15) is 22.8 Å². The predicted octanol–water partition coefficient (Wildman–Crippen LogP) is 3.75. The van der Waals surface area contributed by atoms with Crippen molar-refractivity contribution in [1.29, 1.82) is 0 Å². The molecule has 0 saturated carbocycles. The third kappa shape index (κ3) is 5.22. The Morgan fingerprint density at radius 1 is 1.09 bits per heavy atom. The molecule has 2 amide bonds. The Kier molecular flexibility index (Phi) is 5.90. The second-order valence-corrected chi connectivity index (χ2v) is 7.08. The highest BCUT2D eigenvalue weighted by Crippen LogP contribution is 2.33. The first-order valence-electron chi connectivity index (χ1n) is 9.67. The van der Waals surface area contributed by atoms with Crippen molar-refractivity contribution in [2.45, 2.75) is 18.7 Å². The van der Waals surface area contributed by atoms with Crippen molar-refractivity contribution in [3.63, 3.8) is 0 Å². The summed E-state index contributed by atoms with van der Waals surface area (Å²) < 4.78 is 51.3. The summed E-state index contributed by atoms with van der Waals surface area (Å²) in [5.74, 6) is -0.784. The monoisotopic (exact) mass is 462 g/mol. The number of ether oxygens (including phenoxy) is 2. The largest absolute Gasteiger partial charge is 0.573 e. The van der Waals surface area contributed by atoms with E-state index in [1.165, 1.54) is 24.1 Å². The summed E-state index contributed by atoms with van der Waals surface area (Å²) in [6, 6.07) is 11.3. The average molecular weight is 462 g/mol. The zero-order valence-corrected chi connectivity index (χ0v) is 17.1. The highest BCUT2D eigenvalue weighted by Gasteiger charge is 2.35. The normalized spacial score (nSPS) is 16.1. The Bertz CT molecular complexity index is 1150. The summed E-state index contributed by atoms with van der Waals surface area (Å²) in [7, 11) is 1.52. The molecule has 1 aromatic heterocycles. The van der Waals surface area contributed by atoms with Gasteiger partial charge in [-0.15, -0.1) is 18.3 Å². The first-order chi connectivity index (χ1) is 15.7. The smallest absolute Gasteiger partial charge is 0.497 e.